The summed E-state index contributed by atoms with van der Waals surface area (Å²) < 4.78 is 35.2. The maximum absolute atomic E-state index is 13.2. The van der Waals surface area contributed by atoms with E-state index >= 15 is 0 Å². The third kappa shape index (κ3) is 5.17. The van der Waals surface area contributed by atoms with Gasteiger partial charge in [-0.15, -0.1) is 0 Å². The first-order chi connectivity index (χ1) is 17.7. The quantitative estimate of drug-likeness (QED) is 0.400. The molecule has 4 aromatic rings. The van der Waals surface area contributed by atoms with Gasteiger partial charge >= 0.3 is 0 Å². The number of hydrogen-bond acceptors (Lipinski definition) is 6. The molecule has 0 saturated heterocycles. The minimum absolute atomic E-state index is 0.0713. The lowest BCUT2D eigenvalue weighted by Gasteiger charge is -2.21. The minimum Gasteiger partial charge on any atom is -0.467 e. The number of carbonyl (C=O) groups is 1. The second-order valence-electron chi connectivity index (χ2n) is 9.04. The SMILES string of the molecule is Cc1ccc(C2CNC(=O)c3cccc(c3)S(=O)(=O)Nc3nc(cc(-c4c(C)cccc4C)n3)O2)cc1. The Hall–Kier alpha value is -4.24. The van der Waals surface area contributed by atoms with Crippen molar-refractivity contribution < 1.29 is 17.9 Å². The number of ether oxygens (including phenoxy) is 1. The Labute approximate surface area is 215 Å². The lowest BCUT2D eigenvalue weighted by atomic mass is 10.00. The van der Waals surface area contributed by atoms with Crippen LogP contribution in [0.15, 0.2) is 77.7 Å². The summed E-state index contributed by atoms with van der Waals surface area (Å²) in [6.45, 7) is 6.06. The summed E-state index contributed by atoms with van der Waals surface area (Å²) in [5, 5.41) is 2.87. The molecule has 8 nitrogen and oxygen atoms in total. The average molecular weight is 515 g/mol. The van der Waals surface area contributed by atoms with E-state index in [-0.39, 0.29) is 28.8 Å². The molecule has 5 rings (SSSR count). The fourth-order valence-electron chi connectivity index (χ4n) is 4.30. The van der Waals surface area contributed by atoms with E-state index in [4.69, 9.17) is 4.74 Å². The lowest BCUT2D eigenvalue weighted by Crippen LogP contribution is -2.30. The zero-order valence-electron chi connectivity index (χ0n) is 20.6. The molecule has 1 atom stereocenters. The number of aryl methyl sites for hydroxylation is 3. The van der Waals surface area contributed by atoms with Gasteiger partial charge in [-0.2, -0.15) is 4.98 Å². The van der Waals surface area contributed by atoms with Crippen molar-refractivity contribution in [2.45, 2.75) is 31.8 Å². The molecule has 1 unspecified atom stereocenters. The second kappa shape index (κ2) is 9.67. The molecule has 0 fully saturated rings. The zero-order chi connectivity index (χ0) is 26.2. The van der Waals surface area contributed by atoms with Crippen LogP contribution in [0.1, 0.15) is 38.7 Å². The van der Waals surface area contributed by atoms with Crippen molar-refractivity contribution >= 4 is 21.9 Å². The first-order valence-corrected chi connectivity index (χ1v) is 13.3. The number of anilines is 1. The zero-order valence-corrected chi connectivity index (χ0v) is 21.5. The number of carbonyl (C=O) groups excluding carboxylic acids is 1. The summed E-state index contributed by atoms with van der Waals surface area (Å²) in [5.41, 5.74) is 5.48. The molecule has 1 aliphatic heterocycles. The van der Waals surface area contributed by atoms with Crippen molar-refractivity contribution in [3.05, 3.63) is 101 Å². The van der Waals surface area contributed by atoms with E-state index in [2.05, 4.69) is 20.0 Å². The highest BCUT2D eigenvalue weighted by Gasteiger charge is 2.23. The van der Waals surface area contributed by atoms with Gasteiger partial charge in [-0.1, -0.05) is 54.1 Å². The molecule has 1 amide bonds. The summed E-state index contributed by atoms with van der Waals surface area (Å²) in [5.74, 6) is -0.357. The van der Waals surface area contributed by atoms with E-state index in [1.807, 2.05) is 63.2 Å². The summed E-state index contributed by atoms with van der Waals surface area (Å²) in [6.07, 6.45) is -0.585. The summed E-state index contributed by atoms with van der Waals surface area (Å²) in [7, 11) is -4.08. The number of nitrogens with zero attached hydrogens (tertiary/aromatic N) is 2. The Morgan fingerprint density at radius 2 is 1.59 bits per heavy atom. The summed E-state index contributed by atoms with van der Waals surface area (Å²) in [6, 6.07) is 21.2. The highest BCUT2D eigenvalue weighted by molar-refractivity contribution is 7.92. The van der Waals surface area contributed by atoms with E-state index in [0.29, 0.717) is 5.69 Å². The van der Waals surface area contributed by atoms with Crippen LogP contribution in [0.3, 0.4) is 0 Å². The van der Waals surface area contributed by atoms with E-state index in [1.165, 1.54) is 18.2 Å². The van der Waals surface area contributed by atoms with Gasteiger partial charge in [-0.3, -0.25) is 4.79 Å². The van der Waals surface area contributed by atoms with Crippen molar-refractivity contribution in [1.82, 2.24) is 15.3 Å². The topological polar surface area (TPSA) is 110 Å². The average Bonchev–Trinajstić information content (AvgIpc) is 2.86. The van der Waals surface area contributed by atoms with Crippen molar-refractivity contribution in [2.75, 3.05) is 11.3 Å². The normalized spacial score (nSPS) is 16.7. The van der Waals surface area contributed by atoms with Crippen LogP contribution in [0.2, 0.25) is 0 Å². The van der Waals surface area contributed by atoms with Gasteiger partial charge in [0.15, 0.2) is 0 Å². The molecule has 0 spiro atoms. The van der Waals surface area contributed by atoms with Crippen LogP contribution in [0.4, 0.5) is 5.95 Å². The van der Waals surface area contributed by atoms with E-state index in [0.717, 1.165) is 27.8 Å². The molecule has 4 bridgehead atoms. The third-order valence-corrected chi connectivity index (χ3v) is 7.56. The Balaban J connectivity index is 1.69. The van der Waals surface area contributed by atoms with Gasteiger partial charge in [0.25, 0.3) is 15.9 Å². The molecular weight excluding hydrogens is 488 g/mol. The Morgan fingerprint density at radius 3 is 2.32 bits per heavy atom. The molecule has 188 valence electrons. The van der Waals surface area contributed by atoms with Crippen LogP contribution in [0.25, 0.3) is 11.3 Å². The fourth-order valence-corrected chi connectivity index (χ4v) is 5.29. The first-order valence-electron chi connectivity index (χ1n) is 11.8. The van der Waals surface area contributed by atoms with E-state index in [1.54, 1.807) is 12.1 Å². The first kappa shape index (κ1) is 24.5. The van der Waals surface area contributed by atoms with Gasteiger partial charge in [0.05, 0.1) is 17.1 Å². The summed E-state index contributed by atoms with van der Waals surface area (Å²) >= 11 is 0. The molecule has 1 aliphatic rings. The van der Waals surface area contributed by atoms with Crippen LogP contribution < -0.4 is 14.8 Å². The fraction of sp³-hybridized carbons (Fsp3) is 0.179. The van der Waals surface area contributed by atoms with Crippen molar-refractivity contribution in [1.29, 1.82) is 0 Å². The molecule has 2 N–H and O–H groups in total. The number of nitrogens with one attached hydrogen (secondary N) is 2. The third-order valence-electron chi connectivity index (χ3n) is 6.23. The molecule has 1 aromatic heterocycles. The van der Waals surface area contributed by atoms with Gasteiger partial charge in [-0.05, 0) is 55.7 Å². The van der Waals surface area contributed by atoms with Crippen LogP contribution in [0, 0.1) is 20.8 Å². The highest BCUT2D eigenvalue weighted by atomic mass is 32.2. The van der Waals surface area contributed by atoms with Gasteiger partial charge in [0.1, 0.15) is 6.10 Å². The highest BCUT2D eigenvalue weighted by Crippen LogP contribution is 2.31. The van der Waals surface area contributed by atoms with Gasteiger partial charge in [0, 0.05) is 17.2 Å². The van der Waals surface area contributed by atoms with Gasteiger partial charge in [-0.25, -0.2) is 18.1 Å². The minimum atomic E-state index is -4.08. The molecule has 0 aliphatic carbocycles. The van der Waals surface area contributed by atoms with Gasteiger partial charge in [0.2, 0.25) is 11.8 Å². The molecule has 3 aromatic carbocycles. The Morgan fingerprint density at radius 1 is 0.892 bits per heavy atom. The van der Waals surface area contributed by atoms with Crippen LogP contribution in [-0.4, -0.2) is 30.8 Å². The van der Waals surface area contributed by atoms with Gasteiger partial charge < -0.3 is 10.1 Å². The molecule has 0 saturated carbocycles. The Kier molecular flexibility index (Phi) is 6.39. The number of amides is 1. The number of benzene rings is 3. The van der Waals surface area contributed by atoms with E-state index < -0.39 is 22.0 Å². The van der Waals surface area contributed by atoms with Crippen LogP contribution >= 0.6 is 0 Å². The number of sulfonamides is 1. The maximum Gasteiger partial charge on any atom is 0.264 e. The summed E-state index contributed by atoms with van der Waals surface area (Å²) in [4.78, 5) is 21.8. The molecule has 9 heteroatoms. The van der Waals surface area contributed by atoms with Crippen molar-refractivity contribution in [3.8, 4) is 17.1 Å². The van der Waals surface area contributed by atoms with Crippen LogP contribution in [0.5, 0.6) is 5.88 Å². The molecule has 0 radical (unpaired) electrons. The lowest BCUT2D eigenvalue weighted by molar-refractivity contribution is 0.0925. The number of rotatable bonds is 2. The van der Waals surface area contributed by atoms with Crippen molar-refractivity contribution in [3.63, 3.8) is 0 Å². The number of aromatic nitrogens is 2. The van der Waals surface area contributed by atoms with Crippen LogP contribution in [-0.2, 0) is 10.0 Å². The van der Waals surface area contributed by atoms with Crippen molar-refractivity contribution in [2.24, 2.45) is 0 Å². The molecular formula is C28H26N4O4S. The Bertz CT molecular complexity index is 1580. The monoisotopic (exact) mass is 514 g/mol. The number of fused-ring (bicyclic) bond motifs is 4. The predicted molar refractivity (Wildman–Crippen MR) is 141 cm³/mol. The maximum atomic E-state index is 13.2. The smallest absolute Gasteiger partial charge is 0.264 e. The largest absolute Gasteiger partial charge is 0.467 e. The molecule has 2 heterocycles. The standard InChI is InChI=1S/C28H26N4O4S/c1-17-10-12-20(13-11-17)24-16-29-27(33)21-8-5-9-22(14-21)37(34,35)32-28-30-23(15-25(31-28)36-24)26-18(2)6-4-7-19(26)3/h4-15,24H,16H2,1-3H3,(H,29,33)(H,30,31,32). The van der Waals surface area contributed by atoms with E-state index in [9.17, 15) is 13.2 Å². The predicted octanol–water partition coefficient (Wildman–Crippen LogP) is 4.73. The number of hydrogen-bond donors (Lipinski definition) is 2. The second-order valence-corrected chi connectivity index (χ2v) is 10.7. The molecule has 37 heavy (non-hydrogen) atoms.